The van der Waals surface area contributed by atoms with Gasteiger partial charge in [0.25, 0.3) is 5.91 Å². The number of likely N-dealkylation sites (tertiary alicyclic amines) is 1. The van der Waals surface area contributed by atoms with Crippen LogP contribution in [-0.2, 0) is 25.9 Å². The van der Waals surface area contributed by atoms with Crippen molar-refractivity contribution in [1.29, 1.82) is 0 Å². The standard InChI is InChI=1S/C23H33N5O/c1-2-13-28-21-11-10-18(25-17-19-9-5-6-12-24-19)16-20(21)22(26-28)23(29)27-14-7-3-4-8-15-27/h5-6,9,12,18,25H,2-4,7-8,10-11,13-17H2,1H3. The number of aromatic nitrogens is 3. The fraction of sp³-hybridized carbons (Fsp3) is 0.609. The second kappa shape index (κ2) is 9.53. The predicted molar refractivity (Wildman–Crippen MR) is 114 cm³/mol. The number of hydrogen-bond acceptors (Lipinski definition) is 4. The Bertz CT molecular complexity index is 808. The van der Waals surface area contributed by atoms with Crippen LogP contribution < -0.4 is 5.32 Å². The van der Waals surface area contributed by atoms with Gasteiger partial charge in [0.1, 0.15) is 0 Å². The highest BCUT2D eigenvalue weighted by atomic mass is 16.2. The summed E-state index contributed by atoms with van der Waals surface area (Å²) in [5, 5.41) is 8.48. The van der Waals surface area contributed by atoms with Gasteiger partial charge in [0.15, 0.2) is 5.69 Å². The lowest BCUT2D eigenvalue weighted by molar-refractivity contribution is 0.0753. The second-order valence-electron chi connectivity index (χ2n) is 8.35. The van der Waals surface area contributed by atoms with Crippen LogP contribution in [0.15, 0.2) is 24.4 Å². The third-order valence-corrected chi connectivity index (χ3v) is 6.18. The zero-order valence-electron chi connectivity index (χ0n) is 17.6. The molecular formula is C23H33N5O. The highest BCUT2D eigenvalue weighted by Gasteiger charge is 2.31. The Morgan fingerprint density at radius 3 is 2.76 bits per heavy atom. The van der Waals surface area contributed by atoms with E-state index in [1.54, 1.807) is 0 Å². The molecule has 1 aliphatic carbocycles. The maximum atomic E-state index is 13.3. The number of amides is 1. The molecular weight excluding hydrogens is 362 g/mol. The quantitative estimate of drug-likeness (QED) is 0.815. The molecule has 1 aliphatic heterocycles. The van der Waals surface area contributed by atoms with Gasteiger partial charge in [0.2, 0.25) is 0 Å². The fourth-order valence-electron chi connectivity index (χ4n) is 4.61. The van der Waals surface area contributed by atoms with Crippen LogP contribution >= 0.6 is 0 Å². The third-order valence-electron chi connectivity index (χ3n) is 6.18. The maximum absolute atomic E-state index is 13.3. The van der Waals surface area contributed by atoms with Crippen molar-refractivity contribution >= 4 is 5.91 Å². The van der Waals surface area contributed by atoms with E-state index in [0.29, 0.717) is 11.7 Å². The topological polar surface area (TPSA) is 63.1 Å². The smallest absolute Gasteiger partial charge is 0.274 e. The highest BCUT2D eigenvalue weighted by molar-refractivity contribution is 5.94. The Labute approximate surface area is 173 Å². The molecule has 2 aliphatic rings. The molecule has 1 fully saturated rings. The average Bonchev–Trinajstić information content (AvgIpc) is 2.92. The van der Waals surface area contributed by atoms with E-state index in [1.807, 2.05) is 23.2 Å². The molecule has 0 spiro atoms. The van der Waals surface area contributed by atoms with Crippen LogP contribution in [0, 0.1) is 0 Å². The molecule has 0 radical (unpaired) electrons. The van der Waals surface area contributed by atoms with Gasteiger partial charge in [-0.1, -0.05) is 25.8 Å². The number of nitrogens with one attached hydrogen (secondary N) is 1. The third kappa shape index (κ3) is 4.69. The Balaban J connectivity index is 1.52. The summed E-state index contributed by atoms with van der Waals surface area (Å²) in [5.74, 6) is 0.142. The van der Waals surface area contributed by atoms with Gasteiger partial charge in [-0.05, 0) is 50.7 Å². The molecule has 6 nitrogen and oxygen atoms in total. The number of carbonyl (C=O) groups is 1. The summed E-state index contributed by atoms with van der Waals surface area (Å²) in [5.41, 5.74) is 4.22. The second-order valence-corrected chi connectivity index (χ2v) is 8.35. The molecule has 0 bridgehead atoms. The van der Waals surface area contributed by atoms with Crippen LogP contribution in [0.4, 0.5) is 0 Å². The van der Waals surface area contributed by atoms with Gasteiger partial charge in [-0.25, -0.2) is 0 Å². The number of hydrogen-bond donors (Lipinski definition) is 1. The lowest BCUT2D eigenvalue weighted by Gasteiger charge is -2.25. The van der Waals surface area contributed by atoms with E-state index >= 15 is 0 Å². The van der Waals surface area contributed by atoms with Crippen LogP contribution in [0.25, 0.3) is 0 Å². The first-order valence-electron chi connectivity index (χ1n) is 11.3. The minimum Gasteiger partial charge on any atom is -0.337 e. The van der Waals surface area contributed by atoms with E-state index in [1.165, 1.54) is 24.1 Å². The van der Waals surface area contributed by atoms with Crippen molar-refractivity contribution in [3.8, 4) is 0 Å². The molecule has 2 aromatic rings. The molecule has 4 rings (SSSR count). The van der Waals surface area contributed by atoms with Crippen molar-refractivity contribution in [1.82, 2.24) is 25.0 Å². The van der Waals surface area contributed by atoms with Crippen molar-refractivity contribution in [2.75, 3.05) is 13.1 Å². The first-order valence-corrected chi connectivity index (χ1v) is 11.3. The summed E-state index contributed by atoms with van der Waals surface area (Å²) in [6.07, 6.45) is 10.5. The van der Waals surface area contributed by atoms with Crippen molar-refractivity contribution in [2.45, 2.75) is 77.4 Å². The van der Waals surface area contributed by atoms with E-state index in [0.717, 1.165) is 70.4 Å². The molecule has 1 amide bonds. The summed E-state index contributed by atoms with van der Waals surface area (Å²) in [6, 6.07) is 6.38. The maximum Gasteiger partial charge on any atom is 0.274 e. The first-order chi connectivity index (χ1) is 14.3. The summed E-state index contributed by atoms with van der Waals surface area (Å²) < 4.78 is 2.11. The summed E-state index contributed by atoms with van der Waals surface area (Å²) >= 11 is 0. The van der Waals surface area contributed by atoms with E-state index in [-0.39, 0.29) is 5.91 Å². The largest absolute Gasteiger partial charge is 0.337 e. The van der Waals surface area contributed by atoms with Crippen molar-refractivity contribution in [2.24, 2.45) is 0 Å². The van der Waals surface area contributed by atoms with E-state index in [4.69, 9.17) is 5.10 Å². The Morgan fingerprint density at radius 1 is 1.21 bits per heavy atom. The van der Waals surface area contributed by atoms with Crippen molar-refractivity contribution < 1.29 is 4.79 Å². The van der Waals surface area contributed by atoms with Gasteiger partial charge in [-0.15, -0.1) is 0 Å². The molecule has 2 aromatic heterocycles. The average molecular weight is 396 g/mol. The van der Waals surface area contributed by atoms with E-state index in [2.05, 4.69) is 28.0 Å². The van der Waals surface area contributed by atoms with Gasteiger partial charge in [0.05, 0.1) is 5.69 Å². The minimum absolute atomic E-state index is 0.142. The molecule has 1 atom stereocenters. The minimum atomic E-state index is 0.142. The molecule has 0 saturated carbocycles. The number of carbonyl (C=O) groups excluding carboxylic acids is 1. The van der Waals surface area contributed by atoms with Gasteiger partial charge >= 0.3 is 0 Å². The van der Waals surface area contributed by atoms with E-state index in [9.17, 15) is 4.79 Å². The normalized spacial score (nSPS) is 19.6. The van der Waals surface area contributed by atoms with Gasteiger partial charge < -0.3 is 10.2 Å². The summed E-state index contributed by atoms with van der Waals surface area (Å²) in [6.45, 7) is 5.57. The first kappa shape index (κ1) is 20.1. The predicted octanol–water partition coefficient (Wildman–Crippen LogP) is 3.35. The monoisotopic (exact) mass is 395 g/mol. The van der Waals surface area contributed by atoms with E-state index < -0.39 is 0 Å². The van der Waals surface area contributed by atoms with Crippen LogP contribution in [0.3, 0.4) is 0 Å². The SMILES string of the molecule is CCCn1nc(C(=O)N2CCCCCC2)c2c1CCC(NCc1ccccn1)C2. The Hall–Kier alpha value is -2.21. The number of fused-ring (bicyclic) bond motifs is 1. The zero-order valence-corrected chi connectivity index (χ0v) is 17.6. The van der Waals surface area contributed by atoms with Gasteiger partial charge in [0, 0.05) is 49.7 Å². The van der Waals surface area contributed by atoms with Crippen molar-refractivity contribution in [3.63, 3.8) is 0 Å². The molecule has 6 heteroatoms. The zero-order chi connectivity index (χ0) is 20.1. The molecule has 1 unspecified atom stereocenters. The molecule has 1 N–H and O–H groups in total. The van der Waals surface area contributed by atoms with Crippen molar-refractivity contribution in [3.05, 3.63) is 47.0 Å². The molecule has 3 heterocycles. The number of rotatable bonds is 6. The van der Waals surface area contributed by atoms with Crippen LogP contribution in [0.1, 0.15) is 72.9 Å². The lowest BCUT2D eigenvalue weighted by Crippen LogP contribution is -2.36. The summed E-state index contributed by atoms with van der Waals surface area (Å²) in [4.78, 5) is 19.8. The number of aryl methyl sites for hydroxylation is 1. The Morgan fingerprint density at radius 2 is 2.03 bits per heavy atom. The molecule has 29 heavy (non-hydrogen) atoms. The molecule has 156 valence electrons. The number of nitrogens with zero attached hydrogens (tertiary/aromatic N) is 4. The Kier molecular flexibility index (Phi) is 6.60. The van der Waals surface area contributed by atoms with Crippen LogP contribution in [0.5, 0.6) is 0 Å². The summed E-state index contributed by atoms with van der Waals surface area (Å²) in [7, 11) is 0. The van der Waals surface area contributed by atoms with Crippen LogP contribution in [0.2, 0.25) is 0 Å². The lowest BCUT2D eigenvalue weighted by atomic mass is 9.91. The highest BCUT2D eigenvalue weighted by Crippen LogP contribution is 2.27. The molecule has 1 saturated heterocycles. The molecule has 0 aromatic carbocycles. The van der Waals surface area contributed by atoms with Crippen LogP contribution in [-0.4, -0.2) is 44.7 Å². The van der Waals surface area contributed by atoms with Gasteiger partial charge in [-0.3, -0.25) is 14.5 Å². The van der Waals surface area contributed by atoms with Gasteiger partial charge in [-0.2, -0.15) is 5.10 Å². The fourth-order valence-corrected chi connectivity index (χ4v) is 4.61. The number of pyridine rings is 1.